The number of methoxy groups -OCH3 is 1. The lowest BCUT2D eigenvalue weighted by atomic mass is 9.99. The monoisotopic (exact) mass is 458 g/mol. The molecule has 180 valence electrons. The van der Waals surface area contributed by atoms with E-state index in [4.69, 9.17) is 28.8 Å². The number of rotatable bonds is 9. The molecule has 1 aromatic carbocycles. The standard InChI is InChI=1S/C21H30O11/c1-3-4-10-5-6-11(12(7-10)28-2)30-21-19(27)17(25)16(24)14(32-21)9-29-20-18(26)15(23)13(8-22)31-20/h3,5-7,13-27H,1,4,8-9H2,2H3/t13-,14+,15-,16+,17-,18+,19+,20-,21+/m0/s1. The van der Waals surface area contributed by atoms with Crippen molar-refractivity contribution in [1.29, 1.82) is 0 Å². The van der Waals surface area contributed by atoms with Crippen molar-refractivity contribution in [2.75, 3.05) is 20.3 Å². The van der Waals surface area contributed by atoms with E-state index in [1.54, 1.807) is 24.3 Å². The summed E-state index contributed by atoms with van der Waals surface area (Å²) in [5.41, 5.74) is 0.925. The zero-order chi connectivity index (χ0) is 23.4. The second kappa shape index (κ2) is 10.9. The van der Waals surface area contributed by atoms with E-state index < -0.39 is 61.9 Å². The minimum atomic E-state index is -1.61. The largest absolute Gasteiger partial charge is 0.493 e. The maximum atomic E-state index is 10.3. The van der Waals surface area contributed by atoms with Crippen LogP contribution >= 0.6 is 0 Å². The van der Waals surface area contributed by atoms with Crippen LogP contribution in [-0.4, -0.2) is 106 Å². The van der Waals surface area contributed by atoms with E-state index in [2.05, 4.69) is 6.58 Å². The number of ether oxygens (including phenoxy) is 5. The lowest BCUT2D eigenvalue weighted by Crippen LogP contribution is -2.60. The van der Waals surface area contributed by atoms with Gasteiger partial charge in [-0.1, -0.05) is 12.1 Å². The summed E-state index contributed by atoms with van der Waals surface area (Å²) in [5, 5.41) is 59.8. The Labute approximate surface area is 185 Å². The Balaban J connectivity index is 1.67. The van der Waals surface area contributed by atoms with E-state index in [0.717, 1.165) is 5.56 Å². The molecule has 9 atom stereocenters. The highest BCUT2D eigenvalue weighted by Crippen LogP contribution is 2.32. The molecule has 0 unspecified atom stereocenters. The third-order valence-electron chi connectivity index (χ3n) is 5.44. The van der Waals surface area contributed by atoms with Crippen LogP contribution in [0.2, 0.25) is 0 Å². The summed E-state index contributed by atoms with van der Waals surface area (Å²) in [4.78, 5) is 0. The number of allylic oxidation sites excluding steroid dienone is 1. The highest BCUT2D eigenvalue weighted by Gasteiger charge is 2.47. The molecule has 2 aliphatic rings. The van der Waals surface area contributed by atoms with Crippen molar-refractivity contribution in [3.8, 4) is 11.5 Å². The molecule has 3 rings (SSSR count). The first kappa shape index (κ1) is 24.8. The minimum absolute atomic E-state index is 0.246. The number of aliphatic hydroxyl groups excluding tert-OH is 6. The Morgan fingerprint density at radius 1 is 0.906 bits per heavy atom. The topological polar surface area (TPSA) is 168 Å². The second-order valence-electron chi connectivity index (χ2n) is 7.65. The molecule has 0 saturated carbocycles. The molecule has 2 heterocycles. The van der Waals surface area contributed by atoms with Crippen molar-refractivity contribution in [3.05, 3.63) is 36.4 Å². The van der Waals surface area contributed by atoms with E-state index in [-0.39, 0.29) is 12.4 Å². The highest BCUT2D eigenvalue weighted by atomic mass is 16.7. The van der Waals surface area contributed by atoms with Crippen molar-refractivity contribution in [3.63, 3.8) is 0 Å². The lowest BCUT2D eigenvalue weighted by Gasteiger charge is -2.40. The average Bonchev–Trinajstić information content (AvgIpc) is 3.07. The van der Waals surface area contributed by atoms with Gasteiger partial charge in [0.15, 0.2) is 17.8 Å². The van der Waals surface area contributed by atoms with Crippen LogP contribution in [0.4, 0.5) is 0 Å². The maximum Gasteiger partial charge on any atom is 0.229 e. The van der Waals surface area contributed by atoms with Crippen molar-refractivity contribution in [2.24, 2.45) is 0 Å². The van der Waals surface area contributed by atoms with Crippen molar-refractivity contribution in [1.82, 2.24) is 0 Å². The van der Waals surface area contributed by atoms with Crippen LogP contribution in [-0.2, 0) is 20.6 Å². The summed E-state index contributed by atoms with van der Waals surface area (Å²) >= 11 is 0. The van der Waals surface area contributed by atoms with Gasteiger partial charge >= 0.3 is 0 Å². The molecule has 1 aromatic rings. The van der Waals surface area contributed by atoms with Crippen molar-refractivity contribution >= 4 is 0 Å². The smallest absolute Gasteiger partial charge is 0.229 e. The second-order valence-corrected chi connectivity index (χ2v) is 7.65. The van der Waals surface area contributed by atoms with E-state index in [1.807, 2.05) is 0 Å². The fraction of sp³-hybridized carbons (Fsp3) is 0.619. The molecule has 0 aliphatic carbocycles. The van der Waals surface area contributed by atoms with E-state index in [1.165, 1.54) is 7.11 Å². The van der Waals surface area contributed by atoms with Crippen LogP contribution in [0.25, 0.3) is 0 Å². The first-order valence-electron chi connectivity index (χ1n) is 10.2. The first-order valence-corrected chi connectivity index (χ1v) is 10.2. The Kier molecular flexibility index (Phi) is 8.44. The van der Waals surface area contributed by atoms with Gasteiger partial charge in [-0.05, 0) is 24.1 Å². The summed E-state index contributed by atoms with van der Waals surface area (Å²) in [7, 11) is 1.45. The molecule has 0 bridgehead atoms. The molecule has 0 aromatic heterocycles. The van der Waals surface area contributed by atoms with Crippen LogP contribution < -0.4 is 9.47 Å². The van der Waals surface area contributed by atoms with Crippen LogP contribution in [0.3, 0.4) is 0 Å². The normalized spacial score (nSPS) is 37.3. The third kappa shape index (κ3) is 5.22. The first-order chi connectivity index (χ1) is 15.3. The van der Waals surface area contributed by atoms with Gasteiger partial charge in [0.05, 0.1) is 20.3 Å². The number of benzene rings is 1. The SMILES string of the molecule is C=CCc1ccc(O[C@@H]2O[C@H](CO[C@H]3O[C@@H](CO)[C@H](O)[C@H]3O)[C@@H](O)[C@H](O)[C@H]2O)c(OC)c1. The van der Waals surface area contributed by atoms with Gasteiger partial charge in [0.25, 0.3) is 0 Å². The van der Waals surface area contributed by atoms with Gasteiger partial charge in [-0.15, -0.1) is 6.58 Å². The summed E-state index contributed by atoms with van der Waals surface area (Å²) < 4.78 is 27.2. The Morgan fingerprint density at radius 2 is 1.56 bits per heavy atom. The van der Waals surface area contributed by atoms with Gasteiger partial charge < -0.3 is 54.3 Å². The quantitative estimate of drug-likeness (QED) is 0.228. The lowest BCUT2D eigenvalue weighted by molar-refractivity contribution is -0.290. The molecule has 6 N–H and O–H groups in total. The molecule has 11 nitrogen and oxygen atoms in total. The number of aliphatic hydroxyl groups is 6. The average molecular weight is 458 g/mol. The maximum absolute atomic E-state index is 10.3. The molecule has 32 heavy (non-hydrogen) atoms. The van der Waals surface area contributed by atoms with Crippen molar-refractivity contribution in [2.45, 2.75) is 61.7 Å². The predicted molar refractivity (Wildman–Crippen MR) is 108 cm³/mol. The van der Waals surface area contributed by atoms with Gasteiger partial charge in [-0.3, -0.25) is 0 Å². The molecule has 2 fully saturated rings. The van der Waals surface area contributed by atoms with Gasteiger partial charge in [0, 0.05) is 0 Å². The predicted octanol–water partition coefficient (Wildman–Crippen LogP) is -1.93. The molecule has 0 radical (unpaired) electrons. The summed E-state index contributed by atoms with van der Waals surface area (Å²) in [6.45, 7) is 2.80. The minimum Gasteiger partial charge on any atom is -0.493 e. The van der Waals surface area contributed by atoms with Gasteiger partial charge in [-0.25, -0.2) is 0 Å². The van der Waals surface area contributed by atoms with Gasteiger partial charge in [0.1, 0.15) is 42.7 Å². The zero-order valence-corrected chi connectivity index (χ0v) is 17.6. The third-order valence-corrected chi connectivity index (χ3v) is 5.44. The molecule has 0 amide bonds. The van der Waals surface area contributed by atoms with Crippen LogP contribution in [0, 0.1) is 0 Å². The zero-order valence-electron chi connectivity index (χ0n) is 17.6. The summed E-state index contributed by atoms with van der Waals surface area (Å²) in [5.74, 6) is 0.621. The number of hydrogen-bond acceptors (Lipinski definition) is 11. The van der Waals surface area contributed by atoms with Crippen LogP contribution in [0.15, 0.2) is 30.9 Å². The molecule has 2 aliphatic heterocycles. The fourth-order valence-electron chi connectivity index (χ4n) is 3.57. The van der Waals surface area contributed by atoms with E-state index in [0.29, 0.717) is 12.2 Å². The molecular weight excluding hydrogens is 428 g/mol. The van der Waals surface area contributed by atoms with Crippen molar-refractivity contribution < 1.29 is 54.3 Å². The molecule has 11 heteroatoms. The van der Waals surface area contributed by atoms with Gasteiger partial charge in [-0.2, -0.15) is 0 Å². The molecular formula is C21H30O11. The number of hydrogen-bond donors (Lipinski definition) is 6. The van der Waals surface area contributed by atoms with Crippen LogP contribution in [0.1, 0.15) is 5.56 Å². The highest BCUT2D eigenvalue weighted by molar-refractivity contribution is 5.43. The van der Waals surface area contributed by atoms with Crippen LogP contribution in [0.5, 0.6) is 11.5 Å². The molecule has 2 saturated heterocycles. The van der Waals surface area contributed by atoms with E-state index in [9.17, 15) is 25.5 Å². The summed E-state index contributed by atoms with van der Waals surface area (Å²) in [6.07, 6.45) is -9.97. The Hall–Kier alpha value is -1.80. The molecule has 0 spiro atoms. The van der Waals surface area contributed by atoms with Gasteiger partial charge in [0.2, 0.25) is 6.29 Å². The summed E-state index contributed by atoms with van der Waals surface area (Å²) in [6, 6.07) is 5.14. The van der Waals surface area contributed by atoms with E-state index >= 15 is 0 Å². The Bertz CT molecular complexity index is 759. The Morgan fingerprint density at radius 3 is 2.19 bits per heavy atom. The fourth-order valence-corrected chi connectivity index (χ4v) is 3.57.